The van der Waals surface area contributed by atoms with Gasteiger partial charge >= 0.3 is 6.18 Å². The van der Waals surface area contributed by atoms with Crippen LogP contribution in [0.3, 0.4) is 0 Å². The molecule has 0 spiro atoms. The number of anilines is 1. The Hall–Kier alpha value is -3.60. The van der Waals surface area contributed by atoms with Gasteiger partial charge in [-0.3, -0.25) is 19.6 Å². The van der Waals surface area contributed by atoms with Crippen LogP contribution in [0.15, 0.2) is 42.5 Å². The van der Waals surface area contributed by atoms with Gasteiger partial charge in [0.15, 0.2) is 5.69 Å². The smallest absolute Gasteiger partial charge is 0.436 e. The summed E-state index contributed by atoms with van der Waals surface area (Å²) in [6.07, 6.45) is -4.79. The molecule has 2 aromatic carbocycles. The summed E-state index contributed by atoms with van der Waals surface area (Å²) in [5.41, 5.74) is -0.882. The number of carbonyl (C=O) groups is 1. The number of para-hydroxylation sites is 1. The van der Waals surface area contributed by atoms with Gasteiger partial charge in [-0.05, 0) is 32.4 Å². The second-order valence-electron chi connectivity index (χ2n) is 7.20. The van der Waals surface area contributed by atoms with Gasteiger partial charge in [0.05, 0.1) is 27.4 Å². The van der Waals surface area contributed by atoms with E-state index in [0.29, 0.717) is 5.75 Å². The first-order valence-electron chi connectivity index (χ1n) is 9.54. The quantitative estimate of drug-likeness (QED) is 0.339. The van der Waals surface area contributed by atoms with Crippen molar-refractivity contribution in [1.82, 2.24) is 9.78 Å². The number of alkyl halides is 3. The largest absolute Gasteiger partial charge is 0.457 e. The van der Waals surface area contributed by atoms with Gasteiger partial charge in [-0.25, -0.2) is 0 Å². The van der Waals surface area contributed by atoms with E-state index in [0.717, 1.165) is 16.3 Å². The number of non-ortho nitro benzene ring substituents is 1. The summed E-state index contributed by atoms with van der Waals surface area (Å²) in [6.45, 7) is 4.42. The van der Waals surface area contributed by atoms with Crippen molar-refractivity contribution in [2.75, 3.05) is 5.32 Å². The number of nitro benzene ring substituents is 1. The molecule has 0 fully saturated rings. The number of hydrogen-bond donors (Lipinski definition) is 1. The number of benzene rings is 2. The molecule has 1 unspecified atom stereocenters. The van der Waals surface area contributed by atoms with Gasteiger partial charge in [0.1, 0.15) is 17.5 Å². The lowest BCUT2D eigenvalue weighted by Crippen LogP contribution is -2.25. The Morgan fingerprint density at radius 3 is 2.48 bits per heavy atom. The highest BCUT2D eigenvalue weighted by Gasteiger charge is 2.39. The molecule has 0 saturated heterocycles. The van der Waals surface area contributed by atoms with Crippen molar-refractivity contribution in [2.24, 2.45) is 0 Å². The number of carbonyl (C=O) groups excluding carboxylic acids is 1. The summed E-state index contributed by atoms with van der Waals surface area (Å²) in [7, 11) is 0. The number of ether oxygens (including phenoxy) is 1. The third-order valence-electron chi connectivity index (χ3n) is 4.78. The Bertz CT molecular complexity index is 1230. The molecule has 1 atom stereocenters. The molecule has 0 radical (unpaired) electrons. The molecule has 0 aliphatic heterocycles. The van der Waals surface area contributed by atoms with E-state index < -0.39 is 33.8 Å². The molecular formula is C21H18ClF3N4O4. The molecule has 1 amide bonds. The first-order valence-corrected chi connectivity index (χ1v) is 9.92. The molecule has 1 heterocycles. The van der Waals surface area contributed by atoms with E-state index in [4.69, 9.17) is 16.3 Å². The Morgan fingerprint density at radius 2 is 1.91 bits per heavy atom. The molecule has 3 aromatic rings. The van der Waals surface area contributed by atoms with Gasteiger partial charge in [0.25, 0.3) is 5.69 Å². The molecule has 1 aromatic heterocycles. The van der Waals surface area contributed by atoms with Crippen molar-refractivity contribution in [3.8, 4) is 11.5 Å². The maximum Gasteiger partial charge on any atom is 0.436 e. The lowest BCUT2D eigenvalue weighted by Gasteiger charge is -2.15. The van der Waals surface area contributed by atoms with Gasteiger partial charge in [0.2, 0.25) is 5.91 Å². The minimum Gasteiger partial charge on any atom is -0.457 e. The Labute approximate surface area is 191 Å². The number of halogens is 4. The van der Waals surface area contributed by atoms with Crippen LogP contribution in [-0.4, -0.2) is 20.6 Å². The van der Waals surface area contributed by atoms with Crippen LogP contribution in [0.1, 0.15) is 29.9 Å². The zero-order valence-electron chi connectivity index (χ0n) is 17.6. The zero-order chi connectivity index (χ0) is 24.5. The predicted molar refractivity (Wildman–Crippen MR) is 115 cm³/mol. The highest BCUT2D eigenvalue weighted by Crippen LogP contribution is 2.36. The van der Waals surface area contributed by atoms with Gasteiger partial charge in [-0.1, -0.05) is 29.8 Å². The Balaban J connectivity index is 1.89. The van der Waals surface area contributed by atoms with Gasteiger partial charge in [0, 0.05) is 12.1 Å². The van der Waals surface area contributed by atoms with E-state index in [1.54, 1.807) is 31.2 Å². The highest BCUT2D eigenvalue weighted by molar-refractivity contribution is 6.32. The third kappa shape index (κ3) is 5.25. The molecular weight excluding hydrogens is 465 g/mol. The number of aryl methyl sites for hydroxylation is 1. The summed E-state index contributed by atoms with van der Waals surface area (Å²) in [5.74, 6) is -0.197. The number of amides is 1. The van der Waals surface area contributed by atoms with E-state index in [-0.39, 0.29) is 22.8 Å². The molecule has 0 bridgehead atoms. The average molecular weight is 483 g/mol. The summed E-state index contributed by atoms with van der Waals surface area (Å²) in [6, 6.07) is 9.48. The molecule has 0 aliphatic rings. The Morgan fingerprint density at radius 1 is 1.24 bits per heavy atom. The van der Waals surface area contributed by atoms with Crippen LogP contribution in [0.25, 0.3) is 0 Å². The number of hydrogen-bond acceptors (Lipinski definition) is 5. The fourth-order valence-electron chi connectivity index (χ4n) is 3.03. The van der Waals surface area contributed by atoms with E-state index in [1.807, 2.05) is 0 Å². The number of nitro groups is 1. The first kappa shape index (κ1) is 24.1. The number of nitrogens with one attached hydrogen (secondary N) is 1. The van der Waals surface area contributed by atoms with Crippen molar-refractivity contribution in [3.63, 3.8) is 0 Å². The minimum absolute atomic E-state index is 0.0246. The molecule has 0 aliphatic carbocycles. The maximum absolute atomic E-state index is 13.1. The second-order valence-corrected chi connectivity index (χ2v) is 7.57. The normalized spacial score (nSPS) is 12.3. The van der Waals surface area contributed by atoms with Crippen molar-refractivity contribution < 1.29 is 27.6 Å². The maximum atomic E-state index is 13.1. The summed E-state index contributed by atoms with van der Waals surface area (Å²) in [4.78, 5) is 23.4. The standard InChI is InChI=1S/C21H18ClF3N4O4/c1-11-6-4-5-7-17(11)33-16-9-14(8-15(10-16)29(31)32)26-20(30)13(3)28-12(2)18(22)19(27-28)21(23,24)25/h4-10,13H,1-3H3,(H,26,30). The average Bonchev–Trinajstić information content (AvgIpc) is 3.04. The topological polar surface area (TPSA) is 99.3 Å². The van der Waals surface area contributed by atoms with Crippen LogP contribution < -0.4 is 10.1 Å². The second kappa shape index (κ2) is 9.10. The highest BCUT2D eigenvalue weighted by atomic mass is 35.5. The van der Waals surface area contributed by atoms with Crippen molar-refractivity contribution >= 4 is 28.9 Å². The molecule has 0 saturated carbocycles. The summed E-state index contributed by atoms with van der Waals surface area (Å²) < 4.78 is 45.8. The fraction of sp³-hybridized carbons (Fsp3) is 0.238. The SMILES string of the molecule is Cc1ccccc1Oc1cc(NC(=O)C(C)n2nc(C(F)(F)F)c(Cl)c2C)cc([N+](=O)[O-])c1. The van der Waals surface area contributed by atoms with Gasteiger partial charge < -0.3 is 10.1 Å². The summed E-state index contributed by atoms with van der Waals surface area (Å²) >= 11 is 5.75. The van der Waals surface area contributed by atoms with E-state index in [1.165, 1.54) is 26.0 Å². The monoisotopic (exact) mass is 482 g/mol. The van der Waals surface area contributed by atoms with E-state index >= 15 is 0 Å². The van der Waals surface area contributed by atoms with E-state index in [2.05, 4.69) is 10.4 Å². The molecule has 3 rings (SSSR count). The van der Waals surface area contributed by atoms with Crippen molar-refractivity contribution in [3.05, 3.63) is 74.6 Å². The van der Waals surface area contributed by atoms with Crippen LogP contribution in [0.2, 0.25) is 5.02 Å². The van der Waals surface area contributed by atoms with E-state index in [9.17, 15) is 28.1 Å². The molecule has 33 heavy (non-hydrogen) atoms. The molecule has 12 heteroatoms. The molecule has 1 N–H and O–H groups in total. The number of aromatic nitrogens is 2. The van der Waals surface area contributed by atoms with Crippen molar-refractivity contribution in [1.29, 1.82) is 0 Å². The van der Waals surface area contributed by atoms with Crippen LogP contribution in [0.4, 0.5) is 24.5 Å². The minimum atomic E-state index is -4.79. The third-order valence-corrected chi connectivity index (χ3v) is 5.24. The van der Waals surface area contributed by atoms with Crippen LogP contribution in [-0.2, 0) is 11.0 Å². The Kier molecular flexibility index (Phi) is 6.63. The van der Waals surface area contributed by atoms with Gasteiger partial charge in [-0.15, -0.1) is 0 Å². The zero-order valence-corrected chi connectivity index (χ0v) is 18.4. The van der Waals surface area contributed by atoms with Crippen LogP contribution in [0, 0.1) is 24.0 Å². The van der Waals surface area contributed by atoms with Crippen LogP contribution in [0.5, 0.6) is 11.5 Å². The lowest BCUT2D eigenvalue weighted by molar-refractivity contribution is -0.384. The number of rotatable bonds is 6. The van der Waals surface area contributed by atoms with Gasteiger partial charge in [-0.2, -0.15) is 18.3 Å². The fourth-order valence-corrected chi connectivity index (χ4v) is 3.26. The van der Waals surface area contributed by atoms with Crippen molar-refractivity contribution in [2.45, 2.75) is 33.0 Å². The first-order chi connectivity index (χ1) is 15.4. The molecule has 174 valence electrons. The summed E-state index contributed by atoms with van der Waals surface area (Å²) in [5, 5.41) is 16.6. The predicted octanol–water partition coefficient (Wildman–Crippen LogP) is 6.07. The van der Waals surface area contributed by atoms with Crippen LogP contribution >= 0.6 is 11.6 Å². The lowest BCUT2D eigenvalue weighted by atomic mass is 10.2. The molecule has 8 nitrogen and oxygen atoms in total. The number of nitrogens with zero attached hydrogens (tertiary/aromatic N) is 3.